The van der Waals surface area contributed by atoms with E-state index in [1.807, 2.05) is 32.2 Å². The van der Waals surface area contributed by atoms with Crippen LogP contribution in [0.2, 0.25) is 0 Å². The Kier molecular flexibility index (Phi) is 5.88. The first-order valence-corrected chi connectivity index (χ1v) is 8.15. The number of aryl methyl sites for hydroxylation is 1. The molecule has 0 bridgehead atoms. The summed E-state index contributed by atoms with van der Waals surface area (Å²) in [6.45, 7) is 7.74. The van der Waals surface area contributed by atoms with E-state index in [-0.39, 0.29) is 6.04 Å². The van der Waals surface area contributed by atoms with Crippen LogP contribution >= 0.6 is 15.9 Å². The highest BCUT2D eigenvalue weighted by atomic mass is 79.9. The zero-order valence-corrected chi connectivity index (χ0v) is 14.4. The number of furan rings is 1. The molecule has 0 saturated carbocycles. The lowest BCUT2D eigenvalue weighted by molar-refractivity contribution is 0.340. The summed E-state index contributed by atoms with van der Waals surface area (Å²) in [6, 6.07) is 8.33. The van der Waals surface area contributed by atoms with Crippen molar-refractivity contribution in [3.8, 4) is 5.75 Å². The average Bonchev–Trinajstić information content (AvgIpc) is 2.88. The van der Waals surface area contributed by atoms with E-state index in [9.17, 15) is 0 Å². The van der Waals surface area contributed by atoms with Gasteiger partial charge in [-0.25, -0.2) is 0 Å². The lowest BCUT2D eigenvalue weighted by Crippen LogP contribution is -2.23. The van der Waals surface area contributed by atoms with Crippen LogP contribution in [0.3, 0.4) is 0 Å². The van der Waals surface area contributed by atoms with Crippen LogP contribution in [0.15, 0.2) is 39.4 Å². The standard InChI is InChI=1S/C17H22BrNO2/c1-4-8-19-17(13-9-12(3)21-11-13)15-7-6-14(20-5-2)10-16(15)18/h6-7,9-11,17,19H,4-5,8H2,1-3H3. The minimum atomic E-state index is 0.118. The van der Waals surface area contributed by atoms with Crippen molar-refractivity contribution in [1.82, 2.24) is 5.32 Å². The molecule has 21 heavy (non-hydrogen) atoms. The maximum absolute atomic E-state index is 5.54. The van der Waals surface area contributed by atoms with Crippen molar-refractivity contribution in [2.24, 2.45) is 0 Å². The SMILES string of the molecule is CCCNC(c1coc(C)c1)c1ccc(OCC)cc1Br. The first kappa shape index (κ1) is 16.1. The van der Waals surface area contributed by atoms with E-state index in [2.05, 4.69) is 40.3 Å². The molecule has 0 spiro atoms. The molecule has 1 aromatic heterocycles. The fourth-order valence-corrected chi connectivity index (χ4v) is 2.90. The van der Waals surface area contributed by atoms with Crippen LogP contribution in [0.5, 0.6) is 5.75 Å². The van der Waals surface area contributed by atoms with Gasteiger partial charge < -0.3 is 14.5 Å². The third-order valence-electron chi connectivity index (χ3n) is 3.28. The first-order valence-electron chi connectivity index (χ1n) is 7.36. The summed E-state index contributed by atoms with van der Waals surface area (Å²) in [6.07, 6.45) is 2.91. The quantitative estimate of drug-likeness (QED) is 0.774. The molecule has 114 valence electrons. The maximum atomic E-state index is 5.54. The third kappa shape index (κ3) is 4.11. The van der Waals surface area contributed by atoms with Crippen molar-refractivity contribution >= 4 is 15.9 Å². The number of ether oxygens (including phenoxy) is 1. The van der Waals surface area contributed by atoms with Crippen molar-refractivity contribution in [3.05, 3.63) is 51.9 Å². The molecule has 2 rings (SSSR count). The van der Waals surface area contributed by atoms with Crippen molar-refractivity contribution in [3.63, 3.8) is 0 Å². The molecular weight excluding hydrogens is 330 g/mol. The fraction of sp³-hybridized carbons (Fsp3) is 0.412. The van der Waals surface area contributed by atoms with E-state index in [1.54, 1.807) is 0 Å². The molecule has 0 saturated heterocycles. The number of nitrogens with one attached hydrogen (secondary N) is 1. The molecule has 0 aliphatic carbocycles. The van der Waals surface area contributed by atoms with Gasteiger partial charge in [-0.15, -0.1) is 0 Å². The van der Waals surface area contributed by atoms with E-state index >= 15 is 0 Å². The Morgan fingerprint density at radius 1 is 1.29 bits per heavy atom. The molecule has 0 aliphatic rings. The second kappa shape index (κ2) is 7.66. The van der Waals surface area contributed by atoms with Gasteiger partial charge in [-0.3, -0.25) is 0 Å². The van der Waals surface area contributed by atoms with Gasteiger partial charge in [0.25, 0.3) is 0 Å². The zero-order chi connectivity index (χ0) is 15.2. The minimum Gasteiger partial charge on any atom is -0.494 e. The summed E-state index contributed by atoms with van der Waals surface area (Å²) in [4.78, 5) is 0. The molecule has 0 amide bonds. The summed E-state index contributed by atoms with van der Waals surface area (Å²) in [5.74, 6) is 1.81. The van der Waals surface area contributed by atoms with Crippen LogP contribution < -0.4 is 10.1 Å². The summed E-state index contributed by atoms with van der Waals surface area (Å²) in [5.41, 5.74) is 2.33. The minimum absolute atomic E-state index is 0.118. The Hall–Kier alpha value is -1.26. The number of hydrogen-bond acceptors (Lipinski definition) is 3. The van der Waals surface area contributed by atoms with Gasteiger partial charge in [0, 0.05) is 10.0 Å². The van der Waals surface area contributed by atoms with Gasteiger partial charge in [-0.2, -0.15) is 0 Å². The van der Waals surface area contributed by atoms with Crippen LogP contribution in [0, 0.1) is 6.92 Å². The van der Waals surface area contributed by atoms with E-state index in [0.717, 1.165) is 34.5 Å². The van der Waals surface area contributed by atoms with Crippen LogP contribution in [0.1, 0.15) is 43.2 Å². The summed E-state index contributed by atoms with van der Waals surface area (Å²) in [5, 5.41) is 3.58. The van der Waals surface area contributed by atoms with Gasteiger partial charge in [0.1, 0.15) is 11.5 Å². The summed E-state index contributed by atoms with van der Waals surface area (Å²) in [7, 11) is 0. The average molecular weight is 352 g/mol. The second-order valence-corrected chi connectivity index (χ2v) is 5.85. The monoisotopic (exact) mass is 351 g/mol. The van der Waals surface area contributed by atoms with Gasteiger partial charge in [-0.1, -0.05) is 28.9 Å². The van der Waals surface area contributed by atoms with E-state index in [4.69, 9.17) is 9.15 Å². The zero-order valence-electron chi connectivity index (χ0n) is 12.8. The fourth-order valence-electron chi connectivity index (χ4n) is 2.31. The Balaban J connectivity index is 2.32. The predicted octanol–water partition coefficient (Wildman–Crippen LogP) is 4.84. The molecule has 3 nitrogen and oxygen atoms in total. The molecule has 1 aromatic carbocycles. The molecule has 1 atom stereocenters. The van der Waals surface area contributed by atoms with Gasteiger partial charge in [-0.05, 0) is 50.6 Å². The number of hydrogen-bond donors (Lipinski definition) is 1. The normalized spacial score (nSPS) is 12.4. The maximum Gasteiger partial charge on any atom is 0.120 e. The molecule has 1 heterocycles. The third-order valence-corrected chi connectivity index (χ3v) is 3.96. The Morgan fingerprint density at radius 2 is 2.10 bits per heavy atom. The van der Waals surface area contributed by atoms with Gasteiger partial charge in [0.2, 0.25) is 0 Å². The van der Waals surface area contributed by atoms with Crippen molar-refractivity contribution in [1.29, 1.82) is 0 Å². The Bertz CT molecular complexity index is 580. The number of rotatable bonds is 7. The van der Waals surface area contributed by atoms with Crippen LogP contribution in [0.4, 0.5) is 0 Å². The Morgan fingerprint density at radius 3 is 2.67 bits per heavy atom. The van der Waals surface area contributed by atoms with Crippen molar-refractivity contribution in [2.45, 2.75) is 33.2 Å². The van der Waals surface area contributed by atoms with E-state index < -0.39 is 0 Å². The molecule has 1 N–H and O–H groups in total. The summed E-state index contributed by atoms with van der Waals surface area (Å²) < 4.78 is 12.1. The Labute approximate surface area is 134 Å². The highest BCUT2D eigenvalue weighted by Gasteiger charge is 2.18. The van der Waals surface area contributed by atoms with E-state index in [1.165, 1.54) is 5.56 Å². The molecule has 0 fully saturated rings. The highest BCUT2D eigenvalue weighted by Crippen LogP contribution is 2.32. The molecule has 4 heteroatoms. The lowest BCUT2D eigenvalue weighted by atomic mass is 10.0. The highest BCUT2D eigenvalue weighted by molar-refractivity contribution is 9.10. The van der Waals surface area contributed by atoms with Crippen LogP contribution in [0.25, 0.3) is 0 Å². The molecular formula is C17H22BrNO2. The smallest absolute Gasteiger partial charge is 0.120 e. The first-order chi connectivity index (χ1) is 10.2. The molecule has 0 radical (unpaired) electrons. The molecule has 0 aliphatic heterocycles. The topological polar surface area (TPSA) is 34.4 Å². The van der Waals surface area contributed by atoms with Gasteiger partial charge in [0.05, 0.1) is 18.9 Å². The lowest BCUT2D eigenvalue weighted by Gasteiger charge is -2.19. The largest absolute Gasteiger partial charge is 0.494 e. The predicted molar refractivity (Wildman–Crippen MR) is 88.9 cm³/mol. The second-order valence-electron chi connectivity index (χ2n) is 4.99. The van der Waals surface area contributed by atoms with Crippen molar-refractivity contribution in [2.75, 3.05) is 13.2 Å². The van der Waals surface area contributed by atoms with Gasteiger partial charge >= 0.3 is 0 Å². The van der Waals surface area contributed by atoms with Crippen LogP contribution in [-0.2, 0) is 0 Å². The van der Waals surface area contributed by atoms with Crippen molar-refractivity contribution < 1.29 is 9.15 Å². The van der Waals surface area contributed by atoms with Gasteiger partial charge in [0.15, 0.2) is 0 Å². The molecule has 1 unspecified atom stereocenters. The molecule has 2 aromatic rings. The van der Waals surface area contributed by atoms with Crippen LogP contribution in [-0.4, -0.2) is 13.2 Å². The summed E-state index contributed by atoms with van der Waals surface area (Å²) >= 11 is 3.66. The number of halogens is 1. The van der Waals surface area contributed by atoms with E-state index in [0.29, 0.717) is 6.61 Å². The number of benzene rings is 1.